The van der Waals surface area contributed by atoms with Gasteiger partial charge in [-0.15, -0.1) is 0 Å². The number of hydrogen-bond donors (Lipinski definition) is 0. The van der Waals surface area contributed by atoms with E-state index in [2.05, 4.69) is 29.2 Å². The first-order chi connectivity index (χ1) is 15.1. The molecule has 0 aliphatic carbocycles. The van der Waals surface area contributed by atoms with Gasteiger partial charge in [0.15, 0.2) is 0 Å². The van der Waals surface area contributed by atoms with Gasteiger partial charge < -0.3 is 0 Å². The molecule has 4 nitrogen and oxygen atoms in total. The number of nitrogens with zero attached hydrogens (tertiary/aromatic N) is 1. The number of ether oxygens (including phenoxy) is 2. The number of benzene rings is 3. The SMILES string of the molecule is CCOC(=O)c1cc([Se]c2ccc(-c3ccc(OC)cc3)cc2)c2cc(Cl)ccc2n1. The van der Waals surface area contributed by atoms with E-state index in [1.54, 1.807) is 20.1 Å². The molecule has 0 atom stereocenters. The zero-order chi connectivity index (χ0) is 21.8. The first kappa shape index (κ1) is 21.4. The second-order valence-electron chi connectivity index (χ2n) is 6.74. The number of fused-ring (bicyclic) bond motifs is 1. The van der Waals surface area contributed by atoms with Crippen molar-refractivity contribution >= 4 is 52.4 Å². The Kier molecular flexibility index (Phi) is 6.57. The van der Waals surface area contributed by atoms with Crippen molar-refractivity contribution in [1.82, 2.24) is 4.98 Å². The second-order valence-corrected chi connectivity index (χ2v) is 9.52. The number of carbonyl (C=O) groups is 1. The molecule has 0 bridgehead atoms. The Morgan fingerprint density at radius 3 is 2.29 bits per heavy atom. The number of methoxy groups -OCH3 is 1. The average molecular weight is 497 g/mol. The van der Waals surface area contributed by atoms with Gasteiger partial charge in [-0.1, -0.05) is 0 Å². The van der Waals surface area contributed by atoms with Gasteiger partial charge in [-0.25, -0.2) is 0 Å². The molecule has 156 valence electrons. The first-order valence-corrected chi connectivity index (χ1v) is 11.9. The molecule has 0 aliphatic heterocycles. The van der Waals surface area contributed by atoms with Crippen LogP contribution in [0.5, 0.6) is 5.75 Å². The molecule has 0 N–H and O–H groups in total. The van der Waals surface area contributed by atoms with Gasteiger partial charge in [-0.2, -0.15) is 0 Å². The standard InChI is InChI=1S/C25H20ClNO3Se/c1-3-30-25(28)23-15-24(21-14-18(26)8-13-22(21)27-23)31-20-11-6-17(7-12-20)16-4-9-19(29-2)10-5-16/h4-15H,3H2,1-2H3. The number of pyridine rings is 1. The fourth-order valence-electron chi connectivity index (χ4n) is 3.19. The Labute approximate surface area is 192 Å². The van der Waals surface area contributed by atoms with E-state index < -0.39 is 5.97 Å². The summed E-state index contributed by atoms with van der Waals surface area (Å²) in [4.78, 5) is 16.8. The van der Waals surface area contributed by atoms with E-state index in [4.69, 9.17) is 21.1 Å². The molecular formula is C25H20ClNO3Se. The number of rotatable bonds is 6. The summed E-state index contributed by atoms with van der Waals surface area (Å²) in [5, 5.41) is 1.60. The normalized spacial score (nSPS) is 10.8. The molecule has 0 spiro atoms. The van der Waals surface area contributed by atoms with Crippen molar-refractivity contribution in [1.29, 1.82) is 0 Å². The Bertz CT molecular complexity index is 1220. The van der Waals surface area contributed by atoms with Crippen LogP contribution in [0.15, 0.2) is 72.8 Å². The zero-order valence-corrected chi connectivity index (χ0v) is 19.6. The van der Waals surface area contributed by atoms with Gasteiger partial charge in [-0.3, -0.25) is 0 Å². The number of carbonyl (C=O) groups excluding carboxylic acids is 1. The van der Waals surface area contributed by atoms with Crippen LogP contribution in [-0.2, 0) is 4.74 Å². The average Bonchev–Trinajstić information content (AvgIpc) is 2.80. The zero-order valence-electron chi connectivity index (χ0n) is 17.1. The molecule has 0 amide bonds. The van der Waals surface area contributed by atoms with E-state index in [-0.39, 0.29) is 15.0 Å². The van der Waals surface area contributed by atoms with Crippen molar-refractivity contribution in [2.24, 2.45) is 0 Å². The van der Waals surface area contributed by atoms with Crippen LogP contribution in [0.2, 0.25) is 5.02 Å². The van der Waals surface area contributed by atoms with E-state index in [9.17, 15) is 4.79 Å². The van der Waals surface area contributed by atoms with Crippen LogP contribution >= 0.6 is 11.6 Å². The topological polar surface area (TPSA) is 48.4 Å². The third-order valence-corrected chi connectivity index (χ3v) is 7.19. The van der Waals surface area contributed by atoms with E-state index >= 15 is 0 Å². The van der Waals surface area contributed by atoms with Crippen LogP contribution in [-0.4, -0.2) is 39.6 Å². The summed E-state index contributed by atoms with van der Waals surface area (Å²) in [6.45, 7) is 2.10. The summed E-state index contributed by atoms with van der Waals surface area (Å²) in [6.07, 6.45) is 0. The first-order valence-electron chi connectivity index (χ1n) is 9.77. The van der Waals surface area contributed by atoms with Crippen LogP contribution in [0.4, 0.5) is 0 Å². The summed E-state index contributed by atoms with van der Waals surface area (Å²) in [7, 11) is 1.66. The Morgan fingerprint density at radius 1 is 0.968 bits per heavy atom. The number of aromatic nitrogens is 1. The molecular weight excluding hydrogens is 477 g/mol. The van der Waals surface area contributed by atoms with Crippen LogP contribution in [0.25, 0.3) is 22.0 Å². The number of esters is 1. The van der Waals surface area contributed by atoms with Gasteiger partial charge in [0, 0.05) is 0 Å². The Morgan fingerprint density at radius 2 is 1.65 bits per heavy atom. The summed E-state index contributed by atoms with van der Waals surface area (Å²) in [6, 6.07) is 23.8. The predicted octanol–water partition coefficient (Wildman–Crippen LogP) is 4.40. The van der Waals surface area contributed by atoms with Gasteiger partial charge in [0.2, 0.25) is 0 Å². The summed E-state index contributed by atoms with van der Waals surface area (Å²) < 4.78 is 12.6. The van der Waals surface area contributed by atoms with E-state index in [1.165, 1.54) is 4.46 Å². The quantitative estimate of drug-likeness (QED) is 0.293. The maximum absolute atomic E-state index is 12.3. The molecule has 1 heterocycles. The van der Waals surface area contributed by atoms with Crippen molar-refractivity contribution in [3.05, 3.63) is 83.5 Å². The van der Waals surface area contributed by atoms with E-state index in [0.717, 1.165) is 32.2 Å². The van der Waals surface area contributed by atoms with Gasteiger partial charge in [0.05, 0.1) is 0 Å². The second kappa shape index (κ2) is 9.52. The molecule has 0 radical (unpaired) electrons. The minimum absolute atomic E-state index is 0.0362. The minimum atomic E-state index is -0.411. The summed E-state index contributed by atoms with van der Waals surface area (Å²) >= 11 is 6.20. The predicted molar refractivity (Wildman–Crippen MR) is 126 cm³/mol. The van der Waals surface area contributed by atoms with Crippen molar-refractivity contribution < 1.29 is 14.3 Å². The molecule has 0 unspecified atom stereocenters. The fourth-order valence-corrected chi connectivity index (χ4v) is 5.39. The monoisotopic (exact) mass is 497 g/mol. The molecule has 0 fully saturated rings. The molecule has 0 saturated carbocycles. The van der Waals surface area contributed by atoms with Crippen LogP contribution in [0, 0.1) is 0 Å². The maximum atomic E-state index is 12.3. The summed E-state index contributed by atoms with van der Waals surface area (Å²) in [5.41, 5.74) is 3.33. The van der Waals surface area contributed by atoms with Crippen molar-refractivity contribution in [3.63, 3.8) is 0 Å². The molecule has 4 aromatic rings. The molecule has 3 aromatic carbocycles. The van der Waals surface area contributed by atoms with Crippen LogP contribution in [0.3, 0.4) is 0 Å². The fraction of sp³-hybridized carbons (Fsp3) is 0.120. The van der Waals surface area contributed by atoms with E-state index in [0.29, 0.717) is 17.3 Å². The molecule has 4 rings (SSSR count). The summed E-state index contributed by atoms with van der Waals surface area (Å²) in [5.74, 6) is 0.426. The van der Waals surface area contributed by atoms with Crippen LogP contribution < -0.4 is 13.7 Å². The van der Waals surface area contributed by atoms with Gasteiger partial charge in [0.1, 0.15) is 0 Å². The van der Waals surface area contributed by atoms with Gasteiger partial charge >= 0.3 is 193 Å². The van der Waals surface area contributed by atoms with Crippen LogP contribution in [0.1, 0.15) is 17.4 Å². The van der Waals surface area contributed by atoms with Crippen molar-refractivity contribution in [2.45, 2.75) is 6.92 Å². The van der Waals surface area contributed by atoms with Gasteiger partial charge in [0.25, 0.3) is 0 Å². The van der Waals surface area contributed by atoms with Gasteiger partial charge in [-0.05, 0) is 0 Å². The van der Waals surface area contributed by atoms with Crippen molar-refractivity contribution in [2.75, 3.05) is 13.7 Å². The molecule has 6 heteroatoms. The molecule has 0 saturated heterocycles. The molecule has 0 aliphatic rings. The third-order valence-electron chi connectivity index (χ3n) is 4.72. The number of hydrogen-bond acceptors (Lipinski definition) is 4. The third kappa shape index (κ3) is 4.91. The molecule has 1 aromatic heterocycles. The Hall–Kier alpha value is -2.85. The number of halogens is 1. The molecule has 31 heavy (non-hydrogen) atoms. The van der Waals surface area contributed by atoms with E-state index in [1.807, 2.05) is 42.5 Å². The van der Waals surface area contributed by atoms with Crippen molar-refractivity contribution in [3.8, 4) is 16.9 Å². The Balaban J connectivity index is 1.66.